The van der Waals surface area contributed by atoms with E-state index in [2.05, 4.69) is 353 Å². The summed E-state index contributed by atoms with van der Waals surface area (Å²) < 4.78 is 0. The van der Waals surface area contributed by atoms with E-state index >= 15 is 0 Å². The van der Waals surface area contributed by atoms with Crippen molar-refractivity contribution in [2.45, 2.75) is 54.9 Å². The lowest BCUT2D eigenvalue weighted by Gasteiger charge is -2.28. The van der Waals surface area contributed by atoms with Crippen LogP contribution in [0.15, 0.2) is 279 Å². The van der Waals surface area contributed by atoms with E-state index in [-0.39, 0.29) is 0 Å². The van der Waals surface area contributed by atoms with Gasteiger partial charge < -0.3 is 19.6 Å². The Bertz CT molecular complexity index is 4330. The highest BCUT2D eigenvalue weighted by Crippen LogP contribution is 2.44. The number of anilines is 12. The van der Waals surface area contributed by atoms with Crippen LogP contribution in [0.1, 0.15) is 50.1 Å². The number of hydrogen-bond donors (Lipinski definition) is 0. The molecular formula is C82H70N4. The molecule has 418 valence electrons. The predicted octanol–water partition coefficient (Wildman–Crippen LogP) is 23.3. The molecule has 0 bridgehead atoms. The molecule has 12 aromatic carbocycles. The second kappa shape index (κ2) is 23.7. The zero-order chi connectivity index (χ0) is 58.8. The van der Waals surface area contributed by atoms with E-state index < -0.39 is 0 Å². The molecular weight excluding hydrogens is 1040 g/mol. The van der Waals surface area contributed by atoms with Crippen molar-refractivity contribution in [1.82, 2.24) is 0 Å². The number of hydrogen-bond acceptors (Lipinski definition) is 4. The number of aryl methyl sites for hydroxylation is 7. The Balaban J connectivity index is 0.757. The van der Waals surface area contributed by atoms with Gasteiger partial charge >= 0.3 is 0 Å². The highest BCUT2D eigenvalue weighted by molar-refractivity contribution is 5.86. The van der Waals surface area contributed by atoms with Gasteiger partial charge in [0.2, 0.25) is 0 Å². The van der Waals surface area contributed by atoms with Crippen LogP contribution in [0.5, 0.6) is 0 Å². The van der Waals surface area contributed by atoms with E-state index in [0.29, 0.717) is 0 Å². The molecule has 4 heteroatoms. The highest BCUT2D eigenvalue weighted by Gasteiger charge is 2.21. The van der Waals surface area contributed by atoms with E-state index in [9.17, 15) is 0 Å². The maximum atomic E-state index is 2.38. The molecule has 0 saturated heterocycles. The maximum Gasteiger partial charge on any atom is 0.0490 e. The zero-order valence-corrected chi connectivity index (χ0v) is 50.1. The van der Waals surface area contributed by atoms with Gasteiger partial charge in [-0.25, -0.2) is 0 Å². The number of fused-ring (bicyclic) bond motifs is 1. The van der Waals surface area contributed by atoms with Crippen molar-refractivity contribution in [2.24, 2.45) is 0 Å². The summed E-state index contributed by atoms with van der Waals surface area (Å²) in [6.07, 6.45) is 5.49. The fourth-order valence-corrected chi connectivity index (χ4v) is 12.1. The van der Waals surface area contributed by atoms with Crippen molar-refractivity contribution in [3.05, 3.63) is 329 Å². The monoisotopic (exact) mass is 1110 g/mol. The molecule has 0 amide bonds. The first-order chi connectivity index (χ1) is 42.0. The summed E-state index contributed by atoms with van der Waals surface area (Å²) in [4.78, 5) is 9.45. The molecule has 0 fully saturated rings. The van der Waals surface area contributed by atoms with Crippen molar-refractivity contribution in [3.8, 4) is 33.4 Å². The molecule has 1 aliphatic rings. The van der Waals surface area contributed by atoms with Crippen LogP contribution in [0.25, 0.3) is 39.5 Å². The topological polar surface area (TPSA) is 13.0 Å². The van der Waals surface area contributed by atoms with Gasteiger partial charge in [0.25, 0.3) is 0 Å². The number of nitrogens with zero attached hydrogens (tertiary/aromatic N) is 4. The average molecular weight is 1110 g/mol. The van der Waals surface area contributed by atoms with Crippen LogP contribution < -0.4 is 19.6 Å². The third kappa shape index (κ3) is 11.4. The van der Waals surface area contributed by atoms with Gasteiger partial charge in [-0.15, -0.1) is 0 Å². The van der Waals surface area contributed by atoms with Gasteiger partial charge in [-0.2, -0.15) is 0 Å². The van der Waals surface area contributed by atoms with E-state index in [4.69, 9.17) is 0 Å². The Kier molecular flexibility index (Phi) is 15.1. The molecule has 12 aromatic rings. The average Bonchev–Trinajstić information content (AvgIpc) is 2.59. The van der Waals surface area contributed by atoms with Crippen LogP contribution in [0, 0.1) is 48.5 Å². The molecule has 0 heterocycles. The molecule has 1 aliphatic carbocycles. The minimum atomic E-state index is 0.995. The quantitative estimate of drug-likeness (QED) is 0.101. The first-order valence-corrected chi connectivity index (χ1v) is 29.9. The lowest BCUT2D eigenvalue weighted by atomic mass is 10.0. The molecule has 0 N–H and O–H groups in total. The van der Waals surface area contributed by atoms with Crippen molar-refractivity contribution in [1.29, 1.82) is 0 Å². The fourth-order valence-electron chi connectivity index (χ4n) is 12.1. The van der Waals surface area contributed by atoms with Gasteiger partial charge in [0.1, 0.15) is 0 Å². The fraction of sp³-hybridized carbons (Fsp3) is 0.0976. The van der Waals surface area contributed by atoms with Crippen LogP contribution in [-0.2, 0) is 6.42 Å². The smallest absolute Gasteiger partial charge is 0.0490 e. The standard InChI is InChI=1S/C82H70N4/c1-56-11-32-71(33-12-56)83(72-34-13-57(2)14-35-72)74-38-19-64(20-39-74)66-23-42-76(43-24-66)85(81-51-17-59(4)53-61(81)6)78-46-27-68(28-47-78)69-29-48-79(49-30-69)86(82-52-18-60(5)54-62(82)7)77-44-25-67(26-45-77)65-21-40-75(41-22-65)84(73-36-15-58(3)16-37-73)80-50-31-63-9-8-10-70(63)55-80/h8,10-55H,9H2,1-7H3. The Hall–Kier alpha value is -10.4. The molecule has 0 unspecified atom stereocenters. The minimum Gasteiger partial charge on any atom is -0.311 e. The number of benzene rings is 12. The lowest BCUT2D eigenvalue weighted by Crippen LogP contribution is -2.11. The molecule has 4 nitrogen and oxygen atoms in total. The third-order valence-corrected chi connectivity index (χ3v) is 16.8. The number of rotatable bonds is 15. The van der Waals surface area contributed by atoms with Crippen LogP contribution in [0.2, 0.25) is 0 Å². The van der Waals surface area contributed by atoms with E-state index in [1.54, 1.807) is 0 Å². The Morgan fingerprint density at radius 3 is 0.756 bits per heavy atom. The van der Waals surface area contributed by atoms with Crippen LogP contribution >= 0.6 is 0 Å². The van der Waals surface area contributed by atoms with Crippen molar-refractivity contribution >= 4 is 74.3 Å². The second-order valence-corrected chi connectivity index (χ2v) is 23.2. The van der Waals surface area contributed by atoms with Crippen LogP contribution in [0.4, 0.5) is 68.2 Å². The predicted molar refractivity (Wildman–Crippen MR) is 367 cm³/mol. The first kappa shape index (κ1) is 54.8. The summed E-state index contributed by atoms with van der Waals surface area (Å²) in [7, 11) is 0. The normalized spacial score (nSPS) is 11.6. The third-order valence-electron chi connectivity index (χ3n) is 16.8. The van der Waals surface area contributed by atoms with Gasteiger partial charge in [0.05, 0.1) is 0 Å². The van der Waals surface area contributed by atoms with Gasteiger partial charge in [0, 0.05) is 68.2 Å². The number of allylic oxidation sites excluding steroid dienone is 1. The van der Waals surface area contributed by atoms with Gasteiger partial charge in [-0.05, 0) is 244 Å². The Labute approximate surface area is 508 Å². The minimum absolute atomic E-state index is 0.995. The Morgan fingerprint density at radius 2 is 0.465 bits per heavy atom. The Morgan fingerprint density at radius 1 is 0.221 bits per heavy atom. The summed E-state index contributed by atoms with van der Waals surface area (Å²) in [5.74, 6) is 0. The van der Waals surface area contributed by atoms with Crippen LogP contribution in [0.3, 0.4) is 0 Å². The summed E-state index contributed by atoms with van der Waals surface area (Å²) in [5.41, 5.74) is 31.8. The molecule has 86 heavy (non-hydrogen) atoms. The van der Waals surface area contributed by atoms with Crippen molar-refractivity contribution < 1.29 is 0 Å². The molecule has 13 rings (SSSR count). The molecule has 0 spiro atoms. The summed E-state index contributed by atoms with van der Waals surface area (Å²) in [6.45, 7) is 15.2. The highest BCUT2D eigenvalue weighted by atomic mass is 15.2. The molecule has 0 radical (unpaired) electrons. The molecule has 0 saturated carbocycles. The molecule has 0 aliphatic heterocycles. The zero-order valence-electron chi connectivity index (χ0n) is 50.1. The van der Waals surface area contributed by atoms with Crippen molar-refractivity contribution in [2.75, 3.05) is 19.6 Å². The summed E-state index contributed by atoms with van der Waals surface area (Å²) >= 11 is 0. The van der Waals surface area contributed by atoms with E-state index in [1.807, 2.05) is 0 Å². The van der Waals surface area contributed by atoms with Gasteiger partial charge in [-0.1, -0.05) is 179 Å². The largest absolute Gasteiger partial charge is 0.311 e. The summed E-state index contributed by atoms with van der Waals surface area (Å²) in [5, 5.41) is 0. The van der Waals surface area contributed by atoms with Gasteiger partial charge in [0.15, 0.2) is 0 Å². The van der Waals surface area contributed by atoms with Gasteiger partial charge in [-0.3, -0.25) is 0 Å². The second-order valence-electron chi connectivity index (χ2n) is 23.2. The molecule has 0 aromatic heterocycles. The van der Waals surface area contributed by atoms with Crippen molar-refractivity contribution in [3.63, 3.8) is 0 Å². The van der Waals surface area contributed by atoms with E-state index in [0.717, 1.165) is 91.4 Å². The maximum absolute atomic E-state index is 2.38. The summed E-state index contributed by atoms with van der Waals surface area (Å²) in [6, 6.07) is 101. The lowest BCUT2D eigenvalue weighted by molar-refractivity contribution is 1.24. The SMILES string of the molecule is Cc1ccc(N(c2ccc(C)cc2)c2ccc(-c3ccc(N(c4ccc(-c5ccc(N(c6ccc(-c7ccc(N(c8ccc(C)cc8)c8ccc9c(c8)C=CC9)cc7)cc6)c6ccc(C)cc6C)cc5)cc4)c4ccc(C)cc4C)cc3)cc2)cc1. The van der Waals surface area contributed by atoms with E-state index in [1.165, 1.54) is 66.8 Å². The first-order valence-electron chi connectivity index (χ1n) is 29.9. The van der Waals surface area contributed by atoms with Crippen LogP contribution in [-0.4, -0.2) is 0 Å². The molecule has 0 atom stereocenters.